The van der Waals surface area contributed by atoms with Gasteiger partial charge in [0.15, 0.2) is 0 Å². The van der Waals surface area contributed by atoms with Crippen LogP contribution in [0.15, 0.2) is 155 Å². The van der Waals surface area contributed by atoms with Gasteiger partial charge in [-0.1, -0.05) is 127 Å². The Kier molecular flexibility index (Phi) is 6.12. The number of furan rings is 1. The van der Waals surface area contributed by atoms with Gasteiger partial charge in [-0.3, -0.25) is 4.99 Å². The van der Waals surface area contributed by atoms with E-state index in [-0.39, 0.29) is 0 Å². The number of benzene rings is 7. The molecular formula is C41H29NO. The Hall–Kier alpha value is -5.47. The average molecular weight is 552 g/mol. The molecule has 0 aliphatic heterocycles. The highest BCUT2D eigenvalue weighted by Gasteiger charge is 2.18. The Morgan fingerprint density at radius 3 is 2.07 bits per heavy atom. The Bertz CT molecular complexity index is 2310. The molecule has 0 aliphatic carbocycles. The van der Waals surface area contributed by atoms with Gasteiger partial charge in [0.25, 0.3) is 0 Å². The largest absolute Gasteiger partial charge is 0.455 e. The number of hydrogen-bond donors (Lipinski definition) is 0. The first-order chi connectivity index (χ1) is 21.2. The van der Waals surface area contributed by atoms with E-state index in [4.69, 9.17) is 9.41 Å². The number of fused-ring (bicyclic) bond motifs is 7. The fourth-order valence-corrected chi connectivity index (χ4v) is 6.27. The molecule has 0 bridgehead atoms. The highest BCUT2D eigenvalue weighted by Crippen LogP contribution is 2.43. The van der Waals surface area contributed by atoms with Crippen LogP contribution in [0.4, 0.5) is 5.69 Å². The van der Waals surface area contributed by atoms with Gasteiger partial charge in [-0.15, -0.1) is 0 Å². The Balaban J connectivity index is 1.30. The molecule has 0 unspecified atom stereocenters. The van der Waals surface area contributed by atoms with Crippen LogP contribution in [0.25, 0.3) is 54.6 Å². The maximum Gasteiger partial charge on any atom is 0.143 e. The first kappa shape index (κ1) is 25.3. The topological polar surface area (TPSA) is 25.5 Å². The maximum atomic E-state index is 6.68. The second kappa shape index (κ2) is 10.4. The van der Waals surface area contributed by atoms with E-state index in [9.17, 15) is 0 Å². The summed E-state index contributed by atoms with van der Waals surface area (Å²) in [4.78, 5) is 5.17. The van der Waals surface area contributed by atoms with Gasteiger partial charge >= 0.3 is 0 Å². The summed E-state index contributed by atoms with van der Waals surface area (Å²) in [5.41, 5.74) is 9.64. The minimum atomic E-state index is 0.755. The van der Waals surface area contributed by atoms with Gasteiger partial charge in [0.05, 0.1) is 11.4 Å². The zero-order valence-corrected chi connectivity index (χ0v) is 23.9. The first-order valence-electron chi connectivity index (χ1n) is 14.8. The molecule has 8 rings (SSSR count). The van der Waals surface area contributed by atoms with Gasteiger partial charge in [-0.25, -0.2) is 0 Å². The number of nitrogens with zero attached hydrogens (tertiary/aromatic N) is 1. The van der Waals surface area contributed by atoms with Crippen molar-refractivity contribution in [2.45, 2.75) is 13.3 Å². The average Bonchev–Trinajstić information content (AvgIpc) is 3.46. The number of aliphatic imine (C=N–C) groups is 1. The highest BCUT2D eigenvalue weighted by atomic mass is 16.3. The van der Waals surface area contributed by atoms with Crippen LogP contribution in [0.2, 0.25) is 0 Å². The van der Waals surface area contributed by atoms with Crippen molar-refractivity contribution in [3.8, 4) is 11.1 Å². The van der Waals surface area contributed by atoms with Gasteiger partial charge in [0.2, 0.25) is 0 Å². The van der Waals surface area contributed by atoms with Crippen molar-refractivity contribution in [1.29, 1.82) is 0 Å². The van der Waals surface area contributed by atoms with Crippen LogP contribution >= 0.6 is 0 Å². The van der Waals surface area contributed by atoms with Gasteiger partial charge in [0.1, 0.15) is 11.2 Å². The molecule has 0 radical (unpaired) electrons. The lowest BCUT2D eigenvalue weighted by Crippen LogP contribution is -2.05. The van der Waals surface area contributed by atoms with Gasteiger partial charge in [-0.2, -0.15) is 0 Å². The van der Waals surface area contributed by atoms with E-state index < -0.39 is 0 Å². The molecule has 7 aromatic carbocycles. The predicted molar refractivity (Wildman–Crippen MR) is 182 cm³/mol. The van der Waals surface area contributed by atoms with E-state index in [1.54, 1.807) is 0 Å². The molecule has 0 saturated heterocycles. The van der Waals surface area contributed by atoms with Crippen LogP contribution in [0.1, 0.15) is 16.7 Å². The van der Waals surface area contributed by atoms with Crippen molar-refractivity contribution in [3.63, 3.8) is 0 Å². The summed E-state index contributed by atoms with van der Waals surface area (Å²) in [7, 11) is 0. The lowest BCUT2D eigenvalue weighted by Gasteiger charge is -2.11. The minimum Gasteiger partial charge on any atom is -0.455 e. The Labute approximate surface area is 250 Å². The summed E-state index contributed by atoms with van der Waals surface area (Å²) in [6.45, 7) is 2.11. The molecule has 2 nitrogen and oxygen atoms in total. The summed E-state index contributed by atoms with van der Waals surface area (Å²) in [5, 5.41) is 7.21. The van der Waals surface area contributed by atoms with Crippen molar-refractivity contribution in [1.82, 2.24) is 0 Å². The molecule has 0 N–H and O–H groups in total. The van der Waals surface area contributed by atoms with E-state index in [2.05, 4.69) is 153 Å². The minimum absolute atomic E-state index is 0.755. The Morgan fingerprint density at radius 1 is 0.605 bits per heavy atom. The molecule has 0 aliphatic rings. The third-order valence-corrected chi connectivity index (χ3v) is 8.47. The smallest absolute Gasteiger partial charge is 0.143 e. The third-order valence-electron chi connectivity index (χ3n) is 8.47. The summed E-state index contributed by atoms with van der Waals surface area (Å²) in [5.74, 6) is 0. The number of aryl methyl sites for hydroxylation is 1. The van der Waals surface area contributed by atoms with Crippen molar-refractivity contribution < 1.29 is 4.42 Å². The van der Waals surface area contributed by atoms with E-state index in [0.29, 0.717) is 0 Å². The molecule has 1 aromatic heterocycles. The summed E-state index contributed by atoms with van der Waals surface area (Å²) >= 11 is 0. The highest BCUT2D eigenvalue weighted by molar-refractivity contribution is 6.28. The lowest BCUT2D eigenvalue weighted by atomic mass is 9.93. The van der Waals surface area contributed by atoms with Crippen molar-refractivity contribution >= 4 is 54.9 Å². The van der Waals surface area contributed by atoms with E-state index >= 15 is 0 Å². The SMILES string of the molecule is Cc1ccccc1/N=C(\Cc1ccccc1)c1ccc(-c2cc3ccccc3c3c2oc2ccc4ccccc4c23)cc1. The fourth-order valence-electron chi connectivity index (χ4n) is 6.27. The molecule has 0 saturated carbocycles. The van der Waals surface area contributed by atoms with E-state index in [1.165, 1.54) is 43.4 Å². The van der Waals surface area contributed by atoms with Crippen LogP contribution in [-0.4, -0.2) is 5.71 Å². The zero-order chi connectivity index (χ0) is 28.8. The van der Waals surface area contributed by atoms with Crippen LogP contribution in [-0.2, 0) is 6.42 Å². The molecule has 0 spiro atoms. The Morgan fingerprint density at radius 2 is 1.28 bits per heavy atom. The van der Waals surface area contributed by atoms with Gasteiger partial charge in [-0.05, 0) is 68.9 Å². The first-order valence-corrected chi connectivity index (χ1v) is 14.8. The molecule has 0 fully saturated rings. The monoisotopic (exact) mass is 551 g/mol. The van der Waals surface area contributed by atoms with Crippen molar-refractivity contribution in [2.24, 2.45) is 4.99 Å². The second-order valence-corrected chi connectivity index (χ2v) is 11.2. The summed E-state index contributed by atoms with van der Waals surface area (Å²) in [6, 6.07) is 51.4. The number of para-hydroxylation sites is 1. The van der Waals surface area contributed by atoms with Crippen LogP contribution in [0.5, 0.6) is 0 Å². The number of rotatable bonds is 5. The van der Waals surface area contributed by atoms with Crippen LogP contribution in [0, 0.1) is 6.92 Å². The van der Waals surface area contributed by atoms with Crippen LogP contribution < -0.4 is 0 Å². The third kappa shape index (κ3) is 4.49. The van der Waals surface area contributed by atoms with Crippen molar-refractivity contribution in [2.75, 3.05) is 0 Å². The van der Waals surface area contributed by atoms with Crippen LogP contribution in [0.3, 0.4) is 0 Å². The molecule has 1 heterocycles. The van der Waals surface area contributed by atoms with Gasteiger partial charge < -0.3 is 4.42 Å². The zero-order valence-electron chi connectivity index (χ0n) is 23.9. The molecule has 0 atom stereocenters. The molecule has 204 valence electrons. The second-order valence-electron chi connectivity index (χ2n) is 11.2. The molecule has 2 heteroatoms. The molecular weight excluding hydrogens is 522 g/mol. The van der Waals surface area contributed by atoms with Gasteiger partial charge in [0, 0.05) is 22.8 Å². The van der Waals surface area contributed by atoms with Crippen molar-refractivity contribution in [3.05, 3.63) is 162 Å². The lowest BCUT2D eigenvalue weighted by molar-refractivity contribution is 0.670. The quantitative estimate of drug-likeness (QED) is 0.195. The summed E-state index contributed by atoms with van der Waals surface area (Å²) < 4.78 is 6.68. The molecule has 0 amide bonds. The fraction of sp³-hybridized carbons (Fsp3) is 0.0488. The molecule has 8 aromatic rings. The predicted octanol–water partition coefficient (Wildman–Crippen LogP) is 11.2. The van der Waals surface area contributed by atoms with E-state index in [0.717, 1.165) is 45.7 Å². The summed E-state index contributed by atoms with van der Waals surface area (Å²) in [6.07, 6.45) is 0.755. The normalized spacial score (nSPS) is 12.1. The standard InChI is InChI=1S/C41H29NO/c1-27-11-5-10-18-36(27)42-37(25-28-12-3-2-4-13-28)31-21-19-30(20-22-31)35-26-32-15-7-9-17-34(32)40-39-33-16-8-6-14-29(33)23-24-38(39)43-41(35)40/h2-24,26H,25H2,1H3/b42-37+. The maximum absolute atomic E-state index is 6.68. The number of hydrogen-bond acceptors (Lipinski definition) is 2. The van der Waals surface area contributed by atoms with E-state index in [1.807, 2.05) is 0 Å². The molecule has 43 heavy (non-hydrogen) atoms.